The molecule has 0 aromatic carbocycles. The van der Waals surface area contributed by atoms with Gasteiger partial charge in [-0.25, -0.2) is 4.98 Å². The summed E-state index contributed by atoms with van der Waals surface area (Å²) in [6.45, 7) is 3.63. The molecule has 0 aliphatic rings. The van der Waals surface area contributed by atoms with Crippen molar-refractivity contribution in [3.8, 4) is 0 Å². The minimum absolute atomic E-state index is 0.221. The number of hydrogen-bond acceptors (Lipinski definition) is 5. The van der Waals surface area contributed by atoms with Gasteiger partial charge in [0.25, 0.3) is 0 Å². The Kier molecular flexibility index (Phi) is 5.18. The lowest BCUT2D eigenvalue weighted by atomic mass is 10.3. The number of hydrogen-bond donors (Lipinski definition) is 1. The Bertz CT molecular complexity index is 312. The zero-order valence-electron chi connectivity index (χ0n) is 10.5. The monoisotopic (exact) mass is 243 g/mol. The predicted molar refractivity (Wildman–Crippen MR) is 69.1 cm³/mol. The molecule has 16 heavy (non-hydrogen) atoms. The average Bonchev–Trinajstić information content (AvgIpc) is 2.63. The molecule has 92 valence electrons. The van der Waals surface area contributed by atoms with E-state index in [1.165, 1.54) is 4.88 Å². The fraction of sp³-hybridized carbons (Fsp3) is 0.727. The van der Waals surface area contributed by atoms with Gasteiger partial charge in [0.1, 0.15) is 0 Å². The van der Waals surface area contributed by atoms with Gasteiger partial charge in [0.15, 0.2) is 5.13 Å². The van der Waals surface area contributed by atoms with Gasteiger partial charge >= 0.3 is 0 Å². The first-order chi connectivity index (χ1) is 7.49. The first-order valence-corrected chi connectivity index (χ1v) is 6.29. The standard InChI is InChI=1S/C11H21N3OS/c1-9(15)5-6-14(4)8-10-7-12-11(16-10)13(2)3/h7,9,15H,5-6,8H2,1-4H3. The second-order valence-electron chi connectivity index (χ2n) is 4.38. The molecule has 1 aromatic rings. The molecule has 0 bridgehead atoms. The lowest BCUT2D eigenvalue weighted by Gasteiger charge is -2.16. The maximum Gasteiger partial charge on any atom is 0.185 e. The van der Waals surface area contributed by atoms with Crippen molar-refractivity contribution in [3.05, 3.63) is 11.1 Å². The van der Waals surface area contributed by atoms with Crippen molar-refractivity contribution >= 4 is 16.5 Å². The molecule has 5 heteroatoms. The quantitative estimate of drug-likeness (QED) is 0.820. The number of nitrogens with zero attached hydrogens (tertiary/aromatic N) is 3. The highest BCUT2D eigenvalue weighted by molar-refractivity contribution is 7.15. The van der Waals surface area contributed by atoms with Gasteiger partial charge in [0.05, 0.1) is 6.10 Å². The van der Waals surface area contributed by atoms with Gasteiger partial charge in [0.2, 0.25) is 0 Å². The van der Waals surface area contributed by atoms with Crippen LogP contribution in [0.25, 0.3) is 0 Å². The van der Waals surface area contributed by atoms with Crippen molar-refractivity contribution in [2.45, 2.75) is 26.0 Å². The molecule has 0 aliphatic heterocycles. The van der Waals surface area contributed by atoms with E-state index in [0.29, 0.717) is 0 Å². The highest BCUT2D eigenvalue weighted by atomic mass is 32.1. The third-order valence-electron chi connectivity index (χ3n) is 2.28. The molecule has 0 amide bonds. The molecule has 1 unspecified atom stereocenters. The summed E-state index contributed by atoms with van der Waals surface area (Å²) in [5.74, 6) is 0. The second kappa shape index (κ2) is 6.18. The summed E-state index contributed by atoms with van der Waals surface area (Å²) in [6, 6.07) is 0. The van der Waals surface area contributed by atoms with E-state index in [2.05, 4.69) is 16.9 Å². The molecule has 1 N–H and O–H groups in total. The number of anilines is 1. The maximum absolute atomic E-state index is 9.20. The molecule has 0 fully saturated rings. The number of thiazole rings is 1. The first-order valence-electron chi connectivity index (χ1n) is 5.47. The van der Waals surface area contributed by atoms with Crippen LogP contribution in [0.1, 0.15) is 18.2 Å². The molecule has 1 aromatic heterocycles. The normalized spacial score (nSPS) is 13.1. The first kappa shape index (κ1) is 13.4. The summed E-state index contributed by atoms with van der Waals surface area (Å²) in [5, 5.41) is 10.2. The summed E-state index contributed by atoms with van der Waals surface area (Å²) in [6.07, 6.45) is 2.52. The van der Waals surface area contributed by atoms with E-state index in [1.54, 1.807) is 11.3 Å². The van der Waals surface area contributed by atoms with Crippen LogP contribution in [-0.4, -0.2) is 48.8 Å². The fourth-order valence-electron chi connectivity index (χ4n) is 1.33. The molecule has 0 saturated carbocycles. The minimum Gasteiger partial charge on any atom is -0.393 e. The van der Waals surface area contributed by atoms with Crippen molar-refractivity contribution in [3.63, 3.8) is 0 Å². The Hall–Kier alpha value is -0.650. The van der Waals surface area contributed by atoms with Gasteiger partial charge in [-0.2, -0.15) is 0 Å². The van der Waals surface area contributed by atoms with Gasteiger partial charge < -0.3 is 14.9 Å². The van der Waals surface area contributed by atoms with Crippen molar-refractivity contribution in [2.75, 3.05) is 32.6 Å². The van der Waals surface area contributed by atoms with Gasteiger partial charge in [0, 0.05) is 38.3 Å². The van der Waals surface area contributed by atoms with E-state index >= 15 is 0 Å². The predicted octanol–water partition coefficient (Wildman–Crippen LogP) is 1.41. The van der Waals surface area contributed by atoms with Crippen LogP contribution in [0.15, 0.2) is 6.20 Å². The van der Waals surface area contributed by atoms with Crippen LogP contribution in [-0.2, 0) is 6.54 Å². The van der Waals surface area contributed by atoms with Gasteiger partial charge in [-0.15, -0.1) is 11.3 Å². The topological polar surface area (TPSA) is 39.6 Å². The number of aromatic nitrogens is 1. The third-order valence-corrected chi connectivity index (χ3v) is 3.43. The van der Waals surface area contributed by atoms with Crippen molar-refractivity contribution in [1.82, 2.24) is 9.88 Å². The minimum atomic E-state index is -0.221. The highest BCUT2D eigenvalue weighted by Gasteiger charge is 2.07. The van der Waals surface area contributed by atoms with Crippen molar-refractivity contribution in [2.24, 2.45) is 0 Å². The van der Waals surface area contributed by atoms with Crippen LogP contribution in [0.2, 0.25) is 0 Å². The average molecular weight is 243 g/mol. The lowest BCUT2D eigenvalue weighted by Crippen LogP contribution is -2.21. The van der Waals surface area contributed by atoms with Crippen LogP contribution < -0.4 is 4.90 Å². The number of aliphatic hydroxyl groups excluding tert-OH is 1. The molecule has 0 saturated heterocycles. The van der Waals surface area contributed by atoms with E-state index < -0.39 is 0 Å². The largest absolute Gasteiger partial charge is 0.393 e. The molecular formula is C11H21N3OS. The van der Waals surface area contributed by atoms with Crippen LogP contribution >= 0.6 is 11.3 Å². The smallest absolute Gasteiger partial charge is 0.185 e. The summed E-state index contributed by atoms with van der Waals surface area (Å²) < 4.78 is 0. The highest BCUT2D eigenvalue weighted by Crippen LogP contribution is 2.21. The Morgan fingerprint density at radius 3 is 2.62 bits per heavy atom. The zero-order chi connectivity index (χ0) is 12.1. The molecule has 1 heterocycles. The van der Waals surface area contributed by atoms with Gasteiger partial charge in [-0.3, -0.25) is 0 Å². The number of rotatable bonds is 6. The summed E-state index contributed by atoms with van der Waals surface area (Å²) in [7, 11) is 6.07. The van der Waals surface area contributed by atoms with Crippen molar-refractivity contribution < 1.29 is 5.11 Å². The molecule has 4 nitrogen and oxygen atoms in total. The second-order valence-corrected chi connectivity index (χ2v) is 5.47. The van der Waals surface area contributed by atoms with Crippen LogP contribution in [0.4, 0.5) is 5.13 Å². The molecule has 0 radical (unpaired) electrons. The van der Waals surface area contributed by atoms with E-state index in [1.807, 2.05) is 32.1 Å². The van der Waals surface area contributed by atoms with Gasteiger partial charge in [-0.05, 0) is 20.4 Å². The zero-order valence-corrected chi connectivity index (χ0v) is 11.3. The fourth-order valence-corrected chi connectivity index (χ4v) is 2.24. The van der Waals surface area contributed by atoms with Crippen LogP contribution in [0.5, 0.6) is 0 Å². The van der Waals surface area contributed by atoms with Crippen LogP contribution in [0, 0.1) is 0 Å². The maximum atomic E-state index is 9.20. The Labute approximate surface area is 102 Å². The molecule has 1 rings (SSSR count). The molecular weight excluding hydrogens is 222 g/mol. The summed E-state index contributed by atoms with van der Waals surface area (Å²) >= 11 is 1.71. The lowest BCUT2D eigenvalue weighted by molar-refractivity contribution is 0.163. The third kappa shape index (κ3) is 4.47. The van der Waals surface area contributed by atoms with E-state index in [0.717, 1.165) is 24.6 Å². The Morgan fingerprint density at radius 2 is 2.12 bits per heavy atom. The Morgan fingerprint density at radius 1 is 1.44 bits per heavy atom. The molecule has 0 spiro atoms. The SMILES string of the molecule is CC(O)CCN(C)Cc1cnc(N(C)C)s1. The van der Waals surface area contributed by atoms with E-state index in [9.17, 15) is 5.11 Å². The molecule has 1 atom stereocenters. The summed E-state index contributed by atoms with van der Waals surface area (Å²) in [5.41, 5.74) is 0. The van der Waals surface area contributed by atoms with E-state index in [-0.39, 0.29) is 6.10 Å². The molecule has 0 aliphatic carbocycles. The van der Waals surface area contributed by atoms with Gasteiger partial charge in [-0.1, -0.05) is 0 Å². The summed E-state index contributed by atoms with van der Waals surface area (Å²) in [4.78, 5) is 9.82. The van der Waals surface area contributed by atoms with Crippen LogP contribution in [0.3, 0.4) is 0 Å². The Balaban J connectivity index is 2.40. The van der Waals surface area contributed by atoms with E-state index in [4.69, 9.17) is 0 Å². The van der Waals surface area contributed by atoms with Crippen molar-refractivity contribution in [1.29, 1.82) is 0 Å². The number of aliphatic hydroxyl groups is 1.